The quantitative estimate of drug-likeness (QED) is 0.841. The number of hydrogen-bond acceptors (Lipinski definition) is 5. The van der Waals surface area contributed by atoms with Crippen molar-refractivity contribution in [3.63, 3.8) is 0 Å². The van der Waals surface area contributed by atoms with Crippen LogP contribution in [-0.2, 0) is 25.9 Å². The fourth-order valence-corrected chi connectivity index (χ4v) is 2.06. The van der Waals surface area contributed by atoms with Gasteiger partial charge in [0.15, 0.2) is 0 Å². The zero-order valence-corrected chi connectivity index (χ0v) is 12.1. The Hall–Kier alpha value is -2.01. The minimum atomic E-state index is 0.553. The molecule has 3 N–H and O–H groups in total. The van der Waals surface area contributed by atoms with Crippen LogP contribution in [0.4, 0.5) is 5.95 Å². The van der Waals surface area contributed by atoms with Gasteiger partial charge in [0, 0.05) is 13.1 Å². The Kier molecular flexibility index (Phi) is 5.01. The molecule has 1 aromatic carbocycles. The minimum absolute atomic E-state index is 0.553. The maximum Gasteiger partial charge on any atom is 0.243 e. The van der Waals surface area contributed by atoms with Crippen molar-refractivity contribution >= 4 is 5.95 Å². The third-order valence-electron chi connectivity index (χ3n) is 3.19. The van der Waals surface area contributed by atoms with E-state index in [1.165, 1.54) is 0 Å². The molecule has 106 valence electrons. The van der Waals surface area contributed by atoms with Gasteiger partial charge in [0.1, 0.15) is 0 Å². The van der Waals surface area contributed by atoms with Crippen molar-refractivity contribution in [2.24, 2.45) is 5.73 Å². The first kappa shape index (κ1) is 14.4. The van der Waals surface area contributed by atoms with Crippen molar-refractivity contribution in [1.29, 1.82) is 0 Å². The zero-order valence-electron chi connectivity index (χ0n) is 12.1. The zero-order chi connectivity index (χ0) is 14.4. The van der Waals surface area contributed by atoms with Gasteiger partial charge < -0.3 is 11.1 Å². The molecule has 0 radical (unpaired) electrons. The van der Waals surface area contributed by atoms with Gasteiger partial charge in [0.2, 0.25) is 5.95 Å². The first-order valence-corrected chi connectivity index (χ1v) is 7.01. The molecule has 0 atom stereocenters. The molecule has 1 heterocycles. The van der Waals surface area contributed by atoms with Gasteiger partial charge in [-0.2, -0.15) is 5.10 Å². The van der Waals surface area contributed by atoms with Gasteiger partial charge in [-0.15, -0.1) is 5.10 Å². The van der Waals surface area contributed by atoms with Gasteiger partial charge in [0.05, 0.1) is 11.4 Å². The second-order valence-corrected chi connectivity index (χ2v) is 4.61. The Labute approximate surface area is 119 Å². The number of nitrogens with one attached hydrogen (secondary N) is 1. The summed E-state index contributed by atoms with van der Waals surface area (Å²) < 4.78 is 0. The summed E-state index contributed by atoms with van der Waals surface area (Å²) in [6.45, 7) is 5.37. The number of rotatable bonds is 6. The summed E-state index contributed by atoms with van der Waals surface area (Å²) >= 11 is 0. The second kappa shape index (κ2) is 6.96. The molecule has 5 nitrogen and oxygen atoms in total. The molecule has 5 heteroatoms. The van der Waals surface area contributed by atoms with E-state index in [0.29, 0.717) is 19.0 Å². The normalized spacial score (nSPS) is 10.6. The average molecular weight is 271 g/mol. The molecule has 0 aliphatic carbocycles. The molecule has 0 saturated heterocycles. The number of aryl methyl sites for hydroxylation is 2. The van der Waals surface area contributed by atoms with E-state index in [2.05, 4.69) is 46.5 Å². The van der Waals surface area contributed by atoms with E-state index in [0.717, 1.165) is 35.4 Å². The smallest absolute Gasteiger partial charge is 0.243 e. The predicted molar refractivity (Wildman–Crippen MR) is 80.2 cm³/mol. The van der Waals surface area contributed by atoms with Gasteiger partial charge in [-0.1, -0.05) is 38.1 Å². The fourth-order valence-electron chi connectivity index (χ4n) is 2.06. The number of hydrogen-bond donors (Lipinski definition) is 2. The van der Waals surface area contributed by atoms with Gasteiger partial charge in [-0.05, 0) is 24.0 Å². The number of nitrogens with zero attached hydrogens (tertiary/aromatic N) is 3. The van der Waals surface area contributed by atoms with Crippen LogP contribution in [0.25, 0.3) is 0 Å². The van der Waals surface area contributed by atoms with Crippen LogP contribution in [0.5, 0.6) is 0 Å². The van der Waals surface area contributed by atoms with Crippen molar-refractivity contribution in [1.82, 2.24) is 15.2 Å². The Balaban J connectivity index is 2.06. The van der Waals surface area contributed by atoms with Crippen LogP contribution in [0.2, 0.25) is 0 Å². The van der Waals surface area contributed by atoms with Gasteiger partial charge in [0.25, 0.3) is 0 Å². The van der Waals surface area contributed by atoms with Crippen LogP contribution in [0.1, 0.15) is 36.4 Å². The lowest BCUT2D eigenvalue weighted by molar-refractivity contribution is 0.819. The maximum atomic E-state index is 5.64. The second-order valence-electron chi connectivity index (χ2n) is 4.61. The SMILES string of the molecule is CCc1nnc(NCc2cccc(CN)c2)nc1CC. The Morgan fingerprint density at radius 1 is 1.05 bits per heavy atom. The first-order valence-electron chi connectivity index (χ1n) is 7.01. The van der Waals surface area contributed by atoms with Crippen molar-refractivity contribution < 1.29 is 0 Å². The number of benzene rings is 1. The highest BCUT2D eigenvalue weighted by atomic mass is 15.2. The van der Waals surface area contributed by atoms with E-state index in [-0.39, 0.29) is 0 Å². The number of aromatic nitrogens is 3. The van der Waals surface area contributed by atoms with Crippen LogP contribution in [-0.4, -0.2) is 15.2 Å². The summed E-state index contributed by atoms with van der Waals surface area (Å²) in [5, 5.41) is 11.6. The predicted octanol–water partition coefficient (Wildman–Crippen LogP) is 2.07. The van der Waals surface area contributed by atoms with Gasteiger partial charge in [-0.3, -0.25) is 0 Å². The molecule has 0 fully saturated rings. The third-order valence-corrected chi connectivity index (χ3v) is 3.19. The molecule has 0 unspecified atom stereocenters. The summed E-state index contributed by atoms with van der Waals surface area (Å²) in [7, 11) is 0. The van der Waals surface area contributed by atoms with Gasteiger partial charge >= 0.3 is 0 Å². The first-order chi connectivity index (χ1) is 9.76. The molecule has 0 aliphatic rings. The van der Waals surface area contributed by atoms with E-state index in [4.69, 9.17) is 5.73 Å². The highest BCUT2D eigenvalue weighted by Gasteiger charge is 2.05. The molecule has 1 aromatic heterocycles. The summed E-state index contributed by atoms with van der Waals surface area (Å²) in [5.41, 5.74) is 9.92. The molecule has 0 aliphatic heterocycles. The van der Waals surface area contributed by atoms with Crippen molar-refractivity contribution in [2.45, 2.75) is 39.8 Å². The molecular weight excluding hydrogens is 250 g/mol. The fraction of sp³-hybridized carbons (Fsp3) is 0.400. The summed E-state index contributed by atoms with van der Waals surface area (Å²) in [5.74, 6) is 0.581. The molecule has 2 aromatic rings. The highest BCUT2D eigenvalue weighted by Crippen LogP contribution is 2.09. The third kappa shape index (κ3) is 3.51. The minimum Gasteiger partial charge on any atom is -0.349 e. The van der Waals surface area contributed by atoms with Crippen LogP contribution in [0, 0.1) is 0 Å². The molecular formula is C15H21N5. The van der Waals surface area contributed by atoms with E-state index in [1.807, 2.05) is 12.1 Å². The highest BCUT2D eigenvalue weighted by molar-refractivity contribution is 5.30. The van der Waals surface area contributed by atoms with Crippen molar-refractivity contribution in [3.05, 3.63) is 46.8 Å². The lowest BCUT2D eigenvalue weighted by atomic mass is 10.1. The summed E-state index contributed by atoms with van der Waals surface area (Å²) in [6, 6.07) is 8.17. The van der Waals surface area contributed by atoms with E-state index in [1.54, 1.807) is 0 Å². The van der Waals surface area contributed by atoms with Crippen LogP contribution < -0.4 is 11.1 Å². The Morgan fingerprint density at radius 3 is 2.50 bits per heavy atom. The summed E-state index contributed by atoms with van der Waals surface area (Å²) in [4.78, 5) is 4.51. The maximum absolute atomic E-state index is 5.64. The molecule has 0 spiro atoms. The van der Waals surface area contributed by atoms with E-state index >= 15 is 0 Å². The lowest BCUT2D eigenvalue weighted by Crippen LogP contribution is -2.09. The van der Waals surface area contributed by atoms with E-state index in [9.17, 15) is 0 Å². The summed E-state index contributed by atoms with van der Waals surface area (Å²) in [6.07, 6.45) is 1.73. The molecule has 0 saturated carbocycles. The molecule has 0 amide bonds. The topological polar surface area (TPSA) is 76.7 Å². The molecule has 20 heavy (non-hydrogen) atoms. The van der Waals surface area contributed by atoms with Crippen molar-refractivity contribution in [3.8, 4) is 0 Å². The Bertz CT molecular complexity index is 568. The number of anilines is 1. The Morgan fingerprint density at radius 2 is 1.80 bits per heavy atom. The largest absolute Gasteiger partial charge is 0.349 e. The monoisotopic (exact) mass is 271 g/mol. The lowest BCUT2D eigenvalue weighted by Gasteiger charge is -2.08. The van der Waals surface area contributed by atoms with Gasteiger partial charge in [-0.25, -0.2) is 4.98 Å². The van der Waals surface area contributed by atoms with E-state index < -0.39 is 0 Å². The molecule has 2 rings (SSSR count). The van der Waals surface area contributed by atoms with Crippen molar-refractivity contribution in [2.75, 3.05) is 5.32 Å². The van der Waals surface area contributed by atoms with Crippen LogP contribution in [0.15, 0.2) is 24.3 Å². The van der Waals surface area contributed by atoms with Crippen LogP contribution >= 0.6 is 0 Å². The van der Waals surface area contributed by atoms with Crippen LogP contribution in [0.3, 0.4) is 0 Å². The number of nitrogens with two attached hydrogens (primary N) is 1. The average Bonchev–Trinajstić information content (AvgIpc) is 2.52. The molecule has 0 bridgehead atoms. The standard InChI is InChI=1S/C15H21N5/c1-3-13-14(4-2)19-20-15(18-13)17-10-12-7-5-6-11(8-12)9-16/h5-8H,3-4,9-10,16H2,1-2H3,(H,17,18,20).